The van der Waals surface area contributed by atoms with Gasteiger partial charge in [0.05, 0.1) is 17.4 Å². The smallest absolute Gasteiger partial charge is 0.337 e. The van der Waals surface area contributed by atoms with Crippen LogP contribution >= 0.6 is 11.6 Å². The van der Waals surface area contributed by atoms with Crippen LogP contribution in [0, 0.1) is 0 Å². The number of halogens is 1. The molecular weight excluding hydrogens is 294 g/mol. The Kier molecular flexibility index (Phi) is 4.49. The maximum atomic E-state index is 12.2. The Labute approximate surface area is 125 Å². The summed E-state index contributed by atoms with van der Waals surface area (Å²) in [5.41, 5.74) is 1.08. The average Bonchev–Trinajstić information content (AvgIpc) is 2.46. The lowest BCUT2D eigenvalue weighted by Gasteiger charge is -2.08. The fraction of sp³-hybridized carbons (Fsp3) is 0.143. The summed E-state index contributed by atoms with van der Waals surface area (Å²) in [4.78, 5) is 31.2. The summed E-state index contributed by atoms with van der Waals surface area (Å²) in [5, 5.41) is 11.8. The zero-order valence-corrected chi connectivity index (χ0v) is 11.9. The minimum absolute atomic E-state index is 0.0331. The van der Waals surface area contributed by atoms with E-state index in [4.69, 9.17) is 16.7 Å². The van der Waals surface area contributed by atoms with Gasteiger partial charge < -0.3 is 10.4 Å². The van der Waals surface area contributed by atoms with E-state index >= 15 is 0 Å². The molecule has 21 heavy (non-hydrogen) atoms. The van der Waals surface area contributed by atoms with Gasteiger partial charge in [-0.3, -0.25) is 9.78 Å². The number of amides is 1. The summed E-state index contributed by atoms with van der Waals surface area (Å²) in [6.07, 6.45) is 3.26. The van der Waals surface area contributed by atoms with Crippen molar-refractivity contribution in [2.24, 2.45) is 0 Å². The predicted molar refractivity (Wildman–Crippen MR) is 77.8 cm³/mol. The lowest BCUT2D eigenvalue weighted by molar-refractivity contribution is 0.0698. The fourth-order valence-electron chi connectivity index (χ4n) is 1.74. The molecule has 0 saturated carbocycles. The molecule has 2 aromatic heterocycles. The molecule has 2 rings (SSSR count). The van der Waals surface area contributed by atoms with Gasteiger partial charge in [0.2, 0.25) is 0 Å². The molecule has 0 spiro atoms. The molecule has 1 amide bonds. The number of carboxylic acid groups (broad SMARTS) is 1. The van der Waals surface area contributed by atoms with Gasteiger partial charge in [-0.25, -0.2) is 9.78 Å². The predicted octanol–water partition coefficient (Wildman–Crippen LogP) is 2.64. The highest BCUT2D eigenvalue weighted by molar-refractivity contribution is 6.29. The first kappa shape index (κ1) is 14.9. The van der Waals surface area contributed by atoms with Gasteiger partial charge in [-0.15, -0.1) is 0 Å². The Hall–Kier alpha value is -2.47. The minimum atomic E-state index is -1.14. The van der Waals surface area contributed by atoms with Crippen molar-refractivity contribution in [2.75, 3.05) is 5.32 Å². The van der Waals surface area contributed by atoms with E-state index in [-0.39, 0.29) is 16.4 Å². The highest BCUT2D eigenvalue weighted by Crippen LogP contribution is 2.17. The zero-order valence-electron chi connectivity index (χ0n) is 11.1. The average molecular weight is 306 g/mol. The third kappa shape index (κ3) is 3.55. The van der Waals surface area contributed by atoms with Gasteiger partial charge in [0.25, 0.3) is 5.91 Å². The van der Waals surface area contributed by atoms with Gasteiger partial charge in [-0.2, -0.15) is 0 Å². The van der Waals surface area contributed by atoms with Gasteiger partial charge in [-0.05, 0) is 24.6 Å². The van der Waals surface area contributed by atoms with Crippen molar-refractivity contribution in [1.82, 2.24) is 9.97 Å². The first-order chi connectivity index (χ1) is 10.0. The molecule has 0 aromatic carbocycles. The number of rotatable bonds is 4. The molecule has 2 N–H and O–H groups in total. The molecule has 0 bridgehead atoms. The number of carboxylic acids is 1. The van der Waals surface area contributed by atoms with Crippen LogP contribution in [0.15, 0.2) is 30.6 Å². The van der Waals surface area contributed by atoms with Gasteiger partial charge in [0.1, 0.15) is 5.15 Å². The minimum Gasteiger partial charge on any atom is -0.478 e. The highest BCUT2D eigenvalue weighted by Gasteiger charge is 2.14. The van der Waals surface area contributed by atoms with Crippen LogP contribution in [0.1, 0.15) is 33.3 Å². The number of hydrogen-bond donors (Lipinski definition) is 2. The highest BCUT2D eigenvalue weighted by atomic mass is 35.5. The van der Waals surface area contributed by atoms with Crippen LogP contribution in [0.3, 0.4) is 0 Å². The molecule has 0 aliphatic carbocycles. The molecule has 0 radical (unpaired) electrons. The van der Waals surface area contributed by atoms with Gasteiger partial charge in [-0.1, -0.05) is 18.5 Å². The van der Waals surface area contributed by atoms with Crippen LogP contribution in [0.5, 0.6) is 0 Å². The van der Waals surface area contributed by atoms with Crippen LogP contribution in [0.4, 0.5) is 5.69 Å². The molecule has 2 aromatic rings. The van der Waals surface area contributed by atoms with E-state index in [1.165, 1.54) is 24.5 Å². The number of carbonyl (C=O) groups is 2. The van der Waals surface area contributed by atoms with Gasteiger partial charge in [0.15, 0.2) is 0 Å². The van der Waals surface area contributed by atoms with Crippen LogP contribution < -0.4 is 5.32 Å². The Morgan fingerprint density at radius 1 is 1.38 bits per heavy atom. The Morgan fingerprint density at radius 3 is 2.81 bits per heavy atom. The van der Waals surface area contributed by atoms with Crippen LogP contribution in [-0.2, 0) is 6.42 Å². The van der Waals surface area contributed by atoms with E-state index < -0.39 is 11.9 Å². The molecule has 7 heteroatoms. The number of aromatic carboxylic acids is 1. The second-order valence-corrected chi connectivity index (χ2v) is 4.59. The largest absolute Gasteiger partial charge is 0.478 e. The van der Waals surface area contributed by atoms with Crippen molar-refractivity contribution < 1.29 is 14.7 Å². The Morgan fingerprint density at radius 2 is 2.14 bits per heavy atom. The topological polar surface area (TPSA) is 92.2 Å². The molecule has 108 valence electrons. The Bertz CT molecular complexity index is 704. The van der Waals surface area contributed by atoms with Crippen molar-refractivity contribution in [3.8, 4) is 0 Å². The van der Waals surface area contributed by atoms with Crippen molar-refractivity contribution in [3.05, 3.63) is 52.6 Å². The number of nitrogens with one attached hydrogen (secondary N) is 1. The molecule has 0 unspecified atom stereocenters. The first-order valence-corrected chi connectivity index (χ1v) is 6.54. The lowest BCUT2D eigenvalue weighted by atomic mass is 10.1. The van der Waals surface area contributed by atoms with E-state index in [1.807, 2.05) is 6.92 Å². The summed E-state index contributed by atoms with van der Waals surface area (Å²) in [7, 11) is 0. The maximum Gasteiger partial charge on any atom is 0.337 e. The number of aryl methyl sites for hydroxylation is 1. The molecule has 0 saturated heterocycles. The normalized spacial score (nSPS) is 10.2. The van der Waals surface area contributed by atoms with Crippen LogP contribution in [0.25, 0.3) is 0 Å². The Balaban J connectivity index is 2.30. The molecule has 6 nitrogen and oxygen atoms in total. The number of anilines is 1. The van der Waals surface area contributed by atoms with E-state index in [1.54, 1.807) is 6.07 Å². The third-order valence-corrected chi connectivity index (χ3v) is 2.96. The maximum absolute atomic E-state index is 12.2. The fourth-order valence-corrected chi connectivity index (χ4v) is 1.96. The van der Waals surface area contributed by atoms with E-state index in [0.29, 0.717) is 17.7 Å². The van der Waals surface area contributed by atoms with E-state index in [2.05, 4.69) is 15.3 Å². The number of hydrogen-bond acceptors (Lipinski definition) is 4. The standard InChI is InChI=1S/C14H12ClN3O3/c1-2-9-5-8(6-12(15)17-9)13(19)18-11-7-16-4-3-10(11)14(20)21/h3-7H,2H2,1H3,(H,18,19)(H,20,21). The number of carbonyl (C=O) groups excluding carboxylic acids is 1. The van der Waals surface area contributed by atoms with Crippen LogP contribution in [0.2, 0.25) is 5.15 Å². The van der Waals surface area contributed by atoms with Crippen molar-refractivity contribution in [2.45, 2.75) is 13.3 Å². The van der Waals surface area contributed by atoms with Crippen molar-refractivity contribution in [3.63, 3.8) is 0 Å². The molecule has 2 heterocycles. The summed E-state index contributed by atoms with van der Waals surface area (Å²) in [6.45, 7) is 1.89. The SMILES string of the molecule is CCc1cc(C(=O)Nc2cnccc2C(=O)O)cc(Cl)n1. The van der Waals surface area contributed by atoms with Gasteiger partial charge in [0, 0.05) is 17.5 Å². The summed E-state index contributed by atoms with van der Waals surface area (Å²) in [5.74, 6) is -1.61. The van der Waals surface area contributed by atoms with Crippen molar-refractivity contribution in [1.29, 1.82) is 0 Å². The summed E-state index contributed by atoms with van der Waals surface area (Å²) in [6, 6.07) is 4.35. The number of pyridine rings is 2. The summed E-state index contributed by atoms with van der Waals surface area (Å²) < 4.78 is 0. The lowest BCUT2D eigenvalue weighted by Crippen LogP contribution is -2.15. The monoisotopic (exact) mass is 305 g/mol. The molecule has 0 aliphatic heterocycles. The van der Waals surface area contributed by atoms with Gasteiger partial charge >= 0.3 is 5.97 Å². The zero-order chi connectivity index (χ0) is 15.4. The quantitative estimate of drug-likeness (QED) is 0.847. The second kappa shape index (κ2) is 6.32. The van der Waals surface area contributed by atoms with Crippen molar-refractivity contribution >= 4 is 29.2 Å². The number of aromatic nitrogens is 2. The second-order valence-electron chi connectivity index (χ2n) is 4.20. The first-order valence-electron chi connectivity index (χ1n) is 6.16. The van der Waals surface area contributed by atoms with Crippen LogP contribution in [-0.4, -0.2) is 27.0 Å². The molecular formula is C14H12ClN3O3. The molecule has 0 fully saturated rings. The molecule has 0 aliphatic rings. The number of nitrogens with zero attached hydrogens (tertiary/aromatic N) is 2. The van der Waals surface area contributed by atoms with E-state index in [9.17, 15) is 9.59 Å². The molecule has 0 atom stereocenters. The third-order valence-electron chi connectivity index (χ3n) is 2.77. The summed E-state index contributed by atoms with van der Waals surface area (Å²) >= 11 is 5.86. The van der Waals surface area contributed by atoms with E-state index in [0.717, 1.165) is 0 Å².